The first-order valence-electron chi connectivity index (χ1n) is 11.1. The van der Waals surface area contributed by atoms with Crippen molar-refractivity contribution in [1.29, 1.82) is 0 Å². The summed E-state index contributed by atoms with van der Waals surface area (Å²) in [6.07, 6.45) is 0.608. The highest BCUT2D eigenvalue weighted by atomic mass is 16.6. The van der Waals surface area contributed by atoms with Crippen molar-refractivity contribution < 1.29 is 24.4 Å². The summed E-state index contributed by atoms with van der Waals surface area (Å²) in [6.45, 7) is 3.36. The summed E-state index contributed by atoms with van der Waals surface area (Å²) in [5.41, 5.74) is 4.23. The van der Waals surface area contributed by atoms with Gasteiger partial charge in [-0.25, -0.2) is 4.68 Å². The molecule has 1 aliphatic rings. The second-order valence-electron chi connectivity index (χ2n) is 8.01. The molecule has 0 aliphatic carbocycles. The molecular weight excluding hydrogens is 434 g/mol. The Hall–Kier alpha value is -4.20. The van der Waals surface area contributed by atoms with E-state index in [9.17, 15) is 10.2 Å². The van der Waals surface area contributed by atoms with Crippen LogP contribution in [0.1, 0.15) is 18.1 Å². The van der Waals surface area contributed by atoms with Crippen LogP contribution in [0.15, 0.2) is 54.6 Å². The number of nitrogens with zero attached hydrogens (tertiary/aromatic N) is 3. The van der Waals surface area contributed by atoms with Crippen LogP contribution in [-0.4, -0.2) is 45.5 Å². The monoisotopic (exact) mass is 459 g/mol. The van der Waals surface area contributed by atoms with Crippen molar-refractivity contribution in [2.24, 2.45) is 0 Å². The lowest BCUT2D eigenvalue weighted by molar-refractivity contribution is 0.171. The lowest BCUT2D eigenvalue weighted by atomic mass is 9.99. The van der Waals surface area contributed by atoms with E-state index in [-0.39, 0.29) is 11.5 Å². The highest BCUT2D eigenvalue weighted by Gasteiger charge is 2.23. The zero-order valence-electron chi connectivity index (χ0n) is 19.0. The van der Waals surface area contributed by atoms with E-state index in [1.807, 2.05) is 49.4 Å². The first-order chi connectivity index (χ1) is 16.6. The van der Waals surface area contributed by atoms with Crippen LogP contribution >= 0.6 is 0 Å². The summed E-state index contributed by atoms with van der Waals surface area (Å²) in [6, 6.07) is 16.5. The van der Waals surface area contributed by atoms with Crippen LogP contribution in [0.3, 0.4) is 0 Å². The van der Waals surface area contributed by atoms with Gasteiger partial charge in [-0.05, 0) is 53.9 Å². The number of methoxy groups -OCH3 is 1. The van der Waals surface area contributed by atoms with Crippen molar-refractivity contribution in [3.8, 4) is 51.3 Å². The Morgan fingerprint density at radius 1 is 0.971 bits per heavy atom. The molecule has 4 aromatic rings. The summed E-state index contributed by atoms with van der Waals surface area (Å²) < 4.78 is 18.6. The summed E-state index contributed by atoms with van der Waals surface area (Å²) in [7, 11) is 1.63. The van der Waals surface area contributed by atoms with Crippen molar-refractivity contribution in [2.75, 3.05) is 20.3 Å². The standard InChI is InChI=1S/C26H25N3O5/c1-3-17-12-20(22(31)14-21(17)30)25-26(18-7-8-23-24(13-18)34-10-9-33-23)29(28-27-25)15-16-5-4-6-19(11-16)32-2/h4-8,11-14,30-31H,3,9-10,15H2,1-2H3. The smallest absolute Gasteiger partial charge is 0.162 e. The molecule has 0 saturated heterocycles. The van der Waals surface area contributed by atoms with Gasteiger partial charge in [-0.1, -0.05) is 24.3 Å². The van der Waals surface area contributed by atoms with Gasteiger partial charge in [-0.3, -0.25) is 0 Å². The highest BCUT2D eigenvalue weighted by molar-refractivity contribution is 5.83. The van der Waals surface area contributed by atoms with Gasteiger partial charge in [-0.15, -0.1) is 5.10 Å². The molecule has 0 fully saturated rings. The van der Waals surface area contributed by atoms with E-state index in [0.29, 0.717) is 60.2 Å². The molecule has 0 unspecified atom stereocenters. The summed E-state index contributed by atoms with van der Waals surface area (Å²) in [4.78, 5) is 0. The van der Waals surface area contributed by atoms with Crippen molar-refractivity contribution in [2.45, 2.75) is 19.9 Å². The minimum Gasteiger partial charge on any atom is -0.508 e. The maximum atomic E-state index is 10.7. The van der Waals surface area contributed by atoms with E-state index >= 15 is 0 Å². The average Bonchev–Trinajstić information content (AvgIpc) is 3.27. The van der Waals surface area contributed by atoms with Gasteiger partial charge < -0.3 is 24.4 Å². The van der Waals surface area contributed by atoms with Gasteiger partial charge in [0.2, 0.25) is 0 Å². The molecule has 8 heteroatoms. The van der Waals surface area contributed by atoms with Crippen LogP contribution in [0.5, 0.6) is 28.7 Å². The first-order valence-corrected chi connectivity index (χ1v) is 11.1. The third-order valence-corrected chi connectivity index (χ3v) is 5.85. The number of aryl methyl sites for hydroxylation is 1. The molecule has 1 aromatic heterocycles. The molecule has 2 heterocycles. The lowest BCUT2D eigenvalue weighted by Gasteiger charge is -2.19. The predicted molar refractivity (Wildman–Crippen MR) is 127 cm³/mol. The Labute approximate surface area is 197 Å². The Bertz CT molecular complexity index is 1350. The number of aromatic nitrogens is 3. The van der Waals surface area contributed by atoms with Gasteiger partial charge in [0.05, 0.1) is 19.3 Å². The fourth-order valence-corrected chi connectivity index (χ4v) is 4.12. The van der Waals surface area contributed by atoms with Gasteiger partial charge >= 0.3 is 0 Å². The number of aromatic hydroxyl groups is 2. The zero-order valence-corrected chi connectivity index (χ0v) is 19.0. The number of benzene rings is 3. The molecule has 5 rings (SSSR count). The zero-order chi connectivity index (χ0) is 23.7. The Morgan fingerprint density at radius 3 is 2.59 bits per heavy atom. The molecule has 0 amide bonds. The molecule has 1 aliphatic heterocycles. The normalized spacial score (nSPS) is 12.5. The maximum Gasteiger partial charge on any atom is 0.162 e. The van der Waals surface area contributed by atoms with Gasteiger partial charge in [0.1, 0.15) is 36.2 Å². The third kappa shape index (κ3) is 3.98. The maximum absolute atomic E-state index is 10.7. The summed E-state index contributed by atoms with van der Waals surface area (Å²) in [5.74, 6) is 2.06. The summed E-state index contributed by atoms with van der Waals surface area (Å²) in [5, 5.41) is 29.8. The van der Waals surface area contributed by atoms with E-state index in [1.54, 1.807) is 17.9 Å². The number of ether oxygens (including phenoxy) is 3. The average molecular weight is 460 g/mol. The first kappa shape index (κ1) is 21.6. The highest BCUT2D eigenvalue weighted by Crippen LogP contribution is 2.41. The fraction of sp³-hybridized carbons (Fsp3) is 0.231. The topological polar surface area (TPSA) is 98.9 Å². The predicted octanol–water partition coefficient (Wildman–Crippen LogP) is 4.41. The van der Waals surface area contributed by atoms with Gasteiger partial charge in [0.25, 0.3) is 0 Å². The largest absolute Gasteiger partial charge is 0.508 e. The molecule has 34 heavy (non-hydrogen) atoms. The molecular formula is C26H25N3O5. The van der Waals surface area contributed by atoms with E-state index < -0.39 is 0 Å². The Morgan fingerprint density at radius 2 is 1.79 bits per heavy atom. The molecule has 0 atom stereocenters. The molecule has 0 radical (unpaired) electrons. The number of phenols is 2. The fourth-order valence-electron chi connectivity index (χ4n) is 4.12. The molecule has 8 nitrogen and oxygen atoms in total. The Balaban J connectivity index is 1.67. The molecule has 2 N–H and O–H groups in total. The minimum absolute atomic E-state index is 0.0494. The quantitative estimate of drug-likeness (QED) is 0.441. The van der Waals surface area contributed by atoms with Crippen LogP contribution < -0.4 is 14.2 Å². The second-order valence-corrected chi connectivity index (χ2v) is 8.01. The third-order valence-electron chi connectivity index (χ3n) is 5.85. The Kier molecular flexibility index (Phi) is 5.71. The van der Waals surface area contributed by atoms with Gasteiger partial charge in [0, 0.05) is 17.2 Å². The number of hydrogen-bond donors (Lipinski definition) is 2. The van der Waals surface area contributed by atoms with E-state index in [0.717, 1.165) is 16.9 Å². The van der Waals surface area contributed by atoms with Crippen molar-refractivity contribution >= 4 is 0 Å². The van der Waals surface area contributed by atoms with E-state index in [4.69, 9.17) is 14.2 Å². The van der Waals surface area contributed by atoms with Crippen LogP contribution in [0.4, 0.5) is 0 Å². The second kappa shape index (κ2) is 8.97. The summed E-state index contributed by atoms with van der Waals surface area (Å²) >= 11 is 0. The molecule has 0 spiro atoms. The van der Waals surface area contributed by atoms with Gasteiger partial charge in [-0.2, -0.15) is 0 Å². The van der Waals surface area contributed by atoms with Crippen molar-refractivity contribution in [3.63, 3.8) is 0 Å². The van der Waals surface area contributed by atoms with E-state index in [1.165, 1.54) is 6.07 Å². The van der Waals surface area contributed by atoms with Crippen molar-refractivity contribution in [1.82, 2.24) is 15.0 Å². The number of rotatable bonds is 6. The van der Waals surface area contributed by atoms with E-state index in [2.05, 4.69) is 10.3 Å². The molecule has 174 valence electrons. The van der Waals surface area contributed by atoms with Crippen LogP contribution in [0.25, 0.3) is 22.5 Å². The molecule has 0 bridgehead atoms. The van der Waals surface area contributed by atoms with Gasteiger partial charge in [0.15, 0.2) is 11.5 Å². The number of hydrogen-bond acceptors (Lipinski definition) is 7. The minimum atomic E-state index is -0.0677. The van der Waals surface area contributed by atoms with Crippen LogP contribution in [-0.2, 0) is 13.0 Å². The lowest BCUT2D eigenvalue weighted by Crippen LogP contribution is -2.15. The van der Waals surface area contributed by atoms with Crippen LogP contribution in [0, 0.1) is 0 Å². The molecule has 3 aromatic carbocycles. The van der Waals surface area contributed by atoms with Crippen LogP contribution in [0.2, 0.25) is 0 Å². The SMILES string of the molecule is CCc1cc(-c2nnn(Cc3cccc(OC)c3)c2-c2ccc3c(c2)OCCO3)c(O)cc1O. The number of phenolic OH excluding ortho intramolecular Hbond substituents is 2. The molecule has 0 saturated carbocycles. The van der Waals surface area contributed by atoms with Crippen molar-refractivity contribution in [3.05, 3.63) is 65.7 Å². The number of fused-ring (bicyclic) bond motifs is 1.